The molecule has 5 nitrogen and oxygen atoms in total. The van der Waals surface area contributed by atoms with Crippen molar-refractivity contribution in [3.05, 3.63) is 71.4 Å². The lowest BCUT2D eigenvalue weighted by molar-refractivity contribution is 0.417. The molecule has 0 aliphatic carbocycles. The molecule has 1 aromatic heterocycles. The van der Waals surface area contributed by atoms with Gasteiger partial charge in [-0.1, -0.05) is 41.9 Å². The minimum absolute atomic E-state index is 0.477. The smallest absolute Gasteiger partial charge is 0.229 e. The van der Waals surface area contributed by atoms with Gasteiger partial charge in [-0.05, 0) is 36.2 Å². The molecule has 0 radical (unpaired) electrons. The van der Waals surface area contributed by atoms with Gasteiger partial charge in [0.05, 0.1) is 12.8 Å². The van der Waals surface area contributed by atoms with Crippen molar-refractivity contribution in [3.8, 4) is 5.75 Å². The second-order valence-corrected chi connectivity index (χ2v) is 5.83. The Morgan fingerprint density at radius 3 is 2.72 bits per heavy atom. The summed E-state index contributed by atoms with van der Waals surface area (Å²) in [6.07, 6.45) is 2.63. The van der Waals surface area contributed by atoms with Crippen LogP contribution in [0.3, 0.4) is 0 Å². The molecule has 0 spiro atoms. The second kappa shape index (κ2) is 8.35. The molecule has 2 N–H and O–H groups in total. The van der Waals surface area contributed by atoms with Crippen LogP contribution >= 0.6 is 11.6 Å². The van der Waals surface area contributed by atoms with Crippen LogP contribution in [-0.4, -0.2) is 23.6 Å². The number of aromatic nitrogens is 2. The average molecular weight is 355 g/mol. The molecule has 0 unspecified atom stereocenters. The number of anilines is 3. The van der Waals surface area contributed by atoms with Gasteiger partial charge in [0.2, 0.25) is 5.95 Å². The molecule has 2 aromatic carbocycles. The molecule has 0 fully saturated rings. The summed E-state index contributed by atoms with van der Waals surface area (Å²) in [6, 6.07) is 17.5. The number of benzene rings is 2. The van der Waals surface area contributed by atoms with Gasteiger partial charge in [0.25, 0.3) is 0 Å². The monoisotopic (exact) mass is 354 g/mol. The Morgan fingerprint density at radius 1 is 1.08 bits per heavy atom. The lowest BCUT2D eigenvalue weighted by Gasteiger charge is -2.11. The summed E-state index contributed by atoms with van der Waals surface area (Å²) in [5, 5.41) is 7.06. The van der Waals surface area contributed by atoms with Crippen molar-refractivity contribution in [1.82, 2.24) is 9.97 Å². The first-order valence-electron chi connectivity index (χ1n) is 7.96. The Bertz CT molecular complexity index is 827. The highest BCUT2D eigenvalue weighted by Crippen LogP contribution is 2.29. The Kier molecular flexibility index (Phi) is 5.69. The molecule has 0 bridgehead atoms. The van der Waals surface area contributed by atoms with Gasteiger partial charge < -0.3 is 15.4 Å². The predicted molar refractivity (Wildman–Crippen MR) is 102 cm³/mol. The molecule has 3 rings (SSSR count). The molecule has 0 saturated heterocycles. The maximum Gasteiger partial charge on any atom is 0.229 e. The van der Waals surface area contributed by atoms with Crippen molar-refractivity contribution in [3.63, 3.8) is 0 Å². The molecule has 0 saturated carbocycles. The quantitative estimate of drug-likeness (QED) is 0.652. The van der Waals surface area contributed by atoms with E-state index in [1.165, 1.54) is 5.56 Å². The third kappa shape index (κ3) is 4.84. The van der Waals surface area contributed by atoms with Gasteiger partial charge in [0.1, 0.15) is 11.6 Å². The van der Waals surface area contributed by atoms with E-state index in [0.717, 1.165) is 24.5 Å². The molecule has 128 valence electrons. The van der Waals surface area contributed by atoms with Crippen LogP contribution in [0.5, 0.6) is 5.75 Å². The molecule has 0 aliphatic rings. The van der Waals surface area contributed by atoms with Crippen LogP contribution in [0.2, 0.25) is 5.02 Å². The van der Waals surface area contributed by atoms with Gasteiger partial charge in [0.15, 0.2) is 0 Å². The van der Waals surface area contributed by atoms with Crippen LogP contribution in [0.25, 0.3) is 0 Å². The number of hydrogen-bond donors (Lipinski definition) is 2. The summed E-state index contributed by atoms with van der Waals surface area (Å²) in [5.74, 6) is 1.91. The topological polar surface area (TPSA) is 59.1 Å². The van der Waals surface area contributed by atoms with Crippen molar-refractivity contribution in [2.75, 3.05) is 24.3 Å². The molecule has 6 heteroatoms. The van der Waals surface area contributed by atoms with Gasteiger partial charge in [-0.15, -0.1) is 0 Å². The number of methoxy groups -OCH3 is 1. The van der Waals surface area contributed by atoms with E-state index in [-0.39, 0.29) is 0 Å². The number of ether oxygens (including phenoxy) is 1. The van der Waals surface area contributed by atoms with Crippen molar-refractivity contribution in [2.24, 2.45) is 0 Å². The van der Waals surface area contributed by atoms with Crippen molar-refractivity contribution in [2.45, 2.75) is 6.42 Å². The fraction of sp³-hybridized carbons (Fsp3) is 0.158. The van der Waals surface area contributed by atoms with Crippen molar-refractivity contribution >= 4 is 29.1 Å². The summed E-state index contributed by atoms with van der Waals surface area (Å²) in [5.41, 5.74) is 2.00. The van der Waals surface area contributed by atoms with Gasteiger partial charge >= 0.3 is 0 Å². The third-order valence-corrected chi connectivity index (χ3v) is 3.86. The van der Waals surface area contributed by atoms with Gasteiger partial charge in [-0.3, -0.25) is 0 Å². The van der Waals surface area contributed by atoms with Crippen LogP contribution in [0.4, 0.5) is 17.5 Å². The Hall–Kier alpha value is -2.79. The van der Waals surface area contributed by atoms with E-state index in [4.69, 9.17) is 16.3 Å². The van der Waals surface area contributed by atoms with Crippen LogP contribution in [0.15, 0.2) is 60.8 Å². The van der Waals surface area contributed by atoms with E-state index in [0.29, 0.717) is 16.7 Å². The first-order chi connectivity index (χ1) is 12.2. The Morgan fingerprint density at radius 2 is 1.92 bits per heavy atom. The molecule has 1 heterocycles. The largest absolute Gasteiger partial charge is 0.495 e. The molecular weight excluding hydrogens is 336 g/mol. The molecule has 3 aromatic rings. The maximum atomic E-state index is 6.05. The standard InChI is InChI=1S/C19H19ClN4O/c1-25-17-8-7-15(20)13-16(17)23-19-22-12-10-18(24-19)21-11-9-14-5-3-2-4-6-14/h2-8,10,12-13H,9,11H2,1H3,(H2,21,22,23,24). The van der Waals surface area contributed by atoms with Gasteiger partial charge in [-0.25, -0.2) is 4.98 Å². The van der Waals surface area contributed by atoms with Crippen LogP contribution in [0, 0.1) is 0 Å². The highest BCUT2D eigenvalue weighted by atomic mass is 35.5. The summed E-state index contributed by atoms with van der Waals surface area (Å²) in [7, 11) is 1.61. The zero-order valence-electron chi connectivity index (χ0n) is 13.9. The Balaban J connectivity index is 1.64. The van der Waals surface area contributed by atoms with Gasteiger partial charge in [-0.2, -0.15) is 4.98 Å². The minimum atomic E-state index is 0.477. The zero-order valence-corrected chi connectivity index (χ0v) is 14.6. The normalized spacial score (nSPS) is 10.3. The summed E-state index contributed by atoms with van der Waals surface area (Å²) in [4.78, 5) is 8.72. The maximum absolute atomic E-state index is 6.05. The second-order valence-electron chi connectivity index (χ2n) is 5.40. The Labute approximate surface area is 152 Å². The van der Waals surface area contributed by atoms with Gasteiger partial charge in [0, 0.05) is 17.8 Å². The van der Waals surface area contributed by atoms with E-state index >= 15 is 0 Å². The van der Waals surface area contributed by atoms with Crippen LogP contribution in [-0.2, 0) is 6.42 Å². The molecular formula is C19H19ClN4O. The summed E-state index contributed by atoms with van der Waals surface area (Å²) < 4.78 is 5.32. The van der Waals surface area contributed by atoms with Crippen LogP contribution in [0.1, 0.15) is 5.56 Å². The molecule has 25 heavy (non-hydrogen) atoms. The molecule has 0 aliphatic heterocycles. The predicted octanol–water partition coefficient (Wildman–Crippen LogP) is 4.54. The fourth-order valence-electron chi connectivity index (χ4n) is 2.40. The number of nitrogens with one attached hydrogen (secondary N) is 2. The SMILES string of the molecule is COc1ccc(Cl)cc1Nc1nccc(NCCc2ccccc2)n1. The summed E-state index contributed by atoms with van der Waals surface area (Å²) >= 11 is 6.05. The first-order valence-corrected chi connectivity index (χ1v) is 8.34. The zero-order chi connectivity index (χ0) is 17.5. The summed E-state index contributed by atoms with van der Waals surface area (Å²) in [6.45, 7) is 0.793. The minimum Gasteiger partial charge on any atom is -0.495 e. The number of hydrogen-bond acceptors (Lipinski definition) is 5. The lowest BCUT2D eigenvalue weighted by atomic mass is 10.1. The molecule has 0 atom stereocenters. The number of halogens is 1. The van der Waals surface area contributed by atoms with E-state index in [9.17, 15) is 0 Å². The first kappa shape index (κ1) is 17.0. The fourth-order valence-corrected chi connectivity index (χ4v) is 2.57. The van der Waals surface area contributed by atoms with E-state index < -0.39 is 0 Å². The van der Waals surface area contributed by atoms with Crippen molar-refractivity contribution < 1.29 is 4.74 Å². The van der Waals surface area contributed by atoms with E-state index in [1.54, 1.807) is 31.5 Å². The third-order valence-electron chi connectivity index (χ3n) is 3.63. The van der Waals surface area contributed by atoms with E-state index in [2.05, 4.69) is 32.7 Å². The van der Waals surface area contributed by atoms with E-state index in [1.807, 2.05) is 24.3 Å². The number of nitrogens with zero attached hydrogens (tertiary/aromatic N) is 2. The van der Waals surface area contributed by atoms with Crippen molar-refractivity contribution in [1.29, 1.82) is 0 Å². The highest BCUT2D eigenvalue weighted by Gasteiger charge is 2.06. The average Bonchev–Trinajstić information content (AvgIpc) is 2.63. The number of rotatable bonds is 7. The highest BCUT2D eigenvalue weighted by molar-refractivity contribution is 6.31. The lowest BCUT2D eigenvalue weighted by Crippen LogP contribution is -2.08. The molecule has 0 amide bonds. The van der Waals surface area contributed by atoms with Crippen LogP contribution < -0.4 is 15.4 Å².